The van der Waals surface area contributed by atoms with E-state index in [9.17, 15) is 9.59 Å². The summed E-state index contributed by atoms with van der Waals surface area (Å²) in [5.74, 6) is 0.967. The van der Waals surface area contributed by atoms with Crippen molar-refractivity contribution in [1.82, 2.24) is 14.5 Å². The van der Waals surface area contributed by atoms with Gasteiger partial charge in [0, 0.05) is 24.6 Å². The molecular weight excluding hydrogens is 366 g/mol. The zero-order chi connectivity index (χ0) is 21.6. The van der Waals surface area contributed by atoms with Gasteiger partial charge in [0.1, 0.15) is 12.3 Å². The zero-order valence-corrected chi connectivity index (χ0v) is 18.7. The van der Waals surface area contributed by atoms with Crippen LogP contribution in [0.3, 0.4) is 0 Å². The second kappa shape index (κ2) is 9.90. The van der Waals surface area contributed by atoms with Crippen molar-refractivity contribution >= 4 is 22.7 Å². The Labute approximate surface area is 174 Å². The molecule has 0 radical (unpaired) electrons. The number of nitrogens with zero attached hydrogens (tertiary/aromatic N) is 3. The van der Waals surface area contributed by atoms with Gasteiger partial charge in [-0.2, -0.15) is 0 Å². The number of carbonyl (C=O) groups is 2. The third-order valence-corrected chi connectivity index (χ3v) is 5.05. The number of Topliss-reactive ketones (excluding diaryl/α,β-unsaturated/α-hetero) is 1. The van der Waals surface area contributed by atoms with Gasteiger partial charge in [0.25, 0.3) is 0 Å². The van der Waals surface area contributed by atoms with E-state index in [-0.39, 0.29) is 18.2 Å². The van der Waals surface area contributed by atoms with Gasteiger partial charge in [0.05, 0.1) is 18.1 Å². The molecule has 6 nitrogen and oxygen atoms in total. The molecule has 0 aliphatic carbocycles. The minimum atomic E-state index is -0.587. The molecule has 1 aromatic carbocycles. The molecule has 0 N–H and O–H groups in total. The summed E-state index contributed by atoms with van der Waals surface area (Å²) in [6.07, 6.45) is 4.03. The van der Waals surface area contributed by atoms with Crippen LogP contribution in [0.1, 0.15) is 70.9 Å². The number of ether oxygens (including phenoxy) is 1. The van der Waals surface area contributed by atoms with Crippen molar-refractivity contribution < 1.29 is 14.3 Å². The Morgan fingerprint density at radius 3 is 2.24 bits per heavy atom. The number of hydrogen-bond acceptors (Lipinski definition) is 4. The lowest BCUT2D eigenvalue weighted by atomic mass is 9.90. The molecule has 160 valence electrons. The molecule has 2 aromatic rings. The maximum atomic E-state index is 13.2. The van der Waals surface area contributed by atoms with Crippen molar-refractivity contribution in [2.45, 2.75) is 66.8 Å². The Balaban J connectivity index is 2.45. The van der Waals surface area contributed by atoms with E-state index >= 15 is 0 Å². The number of unbranched alkanes of at least 4 members (excludes halogenated alkanes) is 2. The minimum absolute atomic E-state index is 0.0324. The van der Waals surface area contributed by atoms with E-state index in [0.717, 1.165) is 44.3 Å². The monoisotopic (exact) mass is 401 g/mol. The van der Waals surface area contributed by atoms with Crippen LogP contribution in [0.15, 0.2) is 18.2 Å². The average Bonchev–Trinajstić information content (AvgIpc) is 3.03. The third-order valence-electron chi connectivity index (χ3n) is 5.05. The van der Waals surface area contributed by atoms with Gasteiger partial charge in [-0.1, -0.05) is 47.5 Å². The first-order valence-electron chi connectivity index (χ1n) is 10.6. The van der Waals surface area contributed by atoms with Crippen LogP contribution in [0.2, 0.25) is 0 Å². The highest BCUT2D eigenvalue weighted by atomic mass is 16.5. The van der Waals surface area contributed by atoms with Crippen molar-refractivity contribution in [1.29, 1.82) is 0 Å². The number of ketones is 1. The second-order valence-corrected chi connectivity index (χ2v) is 8.54. The fourth-order valence-corrected chi connectivity index (χ4v) is 3.20. The fraction of sp³-hybridized carbons (Fsp3) is 0.609. The molecule has 0 atom stereocenters. The Hall–Kier alpha value is -2.37. The Kier molecular flexibility index (Phi) is 7.82. The lowest BCUT2D eigenvalue weighted by molar-refractivity contribution is -0.132. The zero-order valence-electron chi connectivity index (χ0n) is 18.7. The molecule has 0 saturated heterocycles. The smallest absolute Gasteiger partial charge is 0.242 e. The van der Waals surface area contributed by atoms with Crippen LogP contribution in [0.25, 0.3) is 11.0 Å². The summed E-state index contributed by atoms with van der Waals surface area (Å²) in [6.45, 7) is 11.5. The van der Waals surface area contributed by atoms with Gasteiger partial charge < -0.3 is 14.2 Å². The first kappa shape index (κ1) is 22.9. The van der Waals surface area contributed by atoms with Crippen LogP contribution in [0, 0.1) is 5.41 Å². The Bertz CT molecular complexity index is 841. The predicted octanol–water partition coefficient (Wildman–Crippen LogP) is 4.70. The van der Waals surface area contributed by atoms with Crippen molar-refractivity contribution in [3.63, 3.8) is 0 Å². The average molecular weight is 402 g/mol. The predicted molar refractivity (Wildman–Crippen MR) is 116 cm³/mol. The van der Waals surface area contributed by atoms with E-state index in [1.165, 1.54) is 0 Å². The number of carbonyl (C=O) groups excluding carboxylic acids is 2. The van der Waals surface area contributed by atoms with Gasteiger partial charge in [0.2, 0.25) is 11.7 Å². The summed E-state index contributed by atoms with van der Waals surface area (Å²) in [5.41, 5.74) is 0.854. The van der Waals surface area contributed by atoms with Crippen LogP contribution in [0.4, 0.5) is 0 Å². The quantitative estimate of drug-likeness (QED) is 0.541. The van der Waals surface area contributed by atoms with E-state index < -0.39 is 5.41 Å². The first-order valence-corrected chi connectivity index (χ1v) is 10.6. The highest BCUT2D eigenvalue weighted by molar-refractivity contribution is 6.00. The van der Waals surface area contributed by atoms with Crippen LogP contribution in [0.5, 0.6) is 5.75 Å². The topological polar surface area (TPSA) is 64.4 Å². The molecule has 1 heterocycles. The van der Waals surface area contributed by atoms with Gasteiger partial charge in [-0.3, -0.25) is 9.59 Å². The van der Waals surface area contributed by atoms with Gasteiger partial charge in [0.15, 0.2) is 5.82 Å². The van der Waals surface area contributed by atoms with Crippen LogP contribution in [-0.4, -0.2) is 46.3 Å². The molecule has 6 heteroatoms. The third kappa shape index (κ3) is 5.58. The summed E-state index contributed by atoms with van der Waals surface area (Å²) in [5, 5.41) is 0. The molecule has 0 fully saturated rings. The second-order valence-electron chi connectivity index (χ2n) is 8.54. The van der Waals surface area contributed by atoms with E-state index in [0.29, 0.717) is 17.1 Å². The molecule has 0 spiro atoms. The molecule has 0 aliphatic heterocycles. The number of rotatable bonds is 10. The van der Waals surface area contributed by atoms with Crippen LogP contribution >= 0.6 is 0 Å². The number of imidazole rings is 1. The largest absolute Gasteiger partial charge is 0.497 e. The van der Waals surface area contributed by atoms with Crippen molar-refractivity contribution in [2.75, 3.05) is 20.2 Å². The summed E-state index contributed by atoms with van der Waals surface area (Å²) in [6, 6.07) is 5.51. The fourth-order valence-electron chi connectivity index (χ4n) is 3.20. The van der Waals surface area contributed by atoms with Gasteiger partial charge >= 0.3 is 0 Å². The number of aromatic nitrogens is 2. The first-order chi connectivity index (χ1) is 13.7. The normalized spacial score (nSPS) is 11.7. The highest BCUT2D eigenvalue weighted by Gasteiger charge is 2.29. The van der Waals surface area contributed by atoms with Crippen LogP contribution < -0.4 is 4.74 Å². The highest BCUT2D eigenvalue weighted by Crippen LogP contribution is 2.26. The number of amides is 1. The van der Waals surface area contributed by atoms with Crippen molar-refractivity contribution in [2.24, 2.45) is 5.41 Å². The Morgan fingerprint density at radius 1 is 1.10 bits per heavy atom. The van der Waals surface area contributed by atoms with E-state index in [1.54, 1.807) is 11.7 Å². The maximum Gasteiger partial charge on any atom is 0.242 e. The molecular formula is C23H35N3O3. The van der Waals surface area contributed by atoms with Crippen molar-refractivity contribution in [3.05, 3.63) is 24.0 Å². The van der Waals surface area contributed by atoms with Gasteiger partial charge in [-0.15, -0.1) is 0 Å². The minimum Gasteiger partial charge on any atom is -0.497 e. The van der Waals surface area contributed by atoms with Gasteiger partial charge in [-0.05, 0) is 25.0 Å². The number of hydrogen-bond donors (Lipinski definition) is 0. The lowest BCUT2D eigenvalue weighted by Crippen LogP contribution is -2.36. The number of methoxy groups -OCH3 is 1. The van der Waals surface area contributed by atoms with Gasteiger partial charge in [-0.25, -0.2) is 4.98 Å². The van der Waals surface area contributed by atoms with E-state index in [1.807, 2.05) is 43.9 Å². The number of fused-ring (bicyclic) bond motifs is 1. The molecule has 1 amide bonds. The molecule has 29 heavy (non-hydrogen) atoms. The Morgan fingerprint density at radius 2 is 1.72 bits per heavy atom. The number of benzene rings is 1. The summed E-state index contributed by atoms with van der Waals surface area (Å²) >= 11 is 0. The lowest BCUT2D eigenvalue weighted by Gasteiger charge is -2.24. The molecule has 0 saturated carbocycles. The molecule has 0 bridgehead atoms. The molecule has 0 unspecified atom stereocenters. The van der Waals surface area contributed by atoms with E-state index in [4.69, 9.17) is 4.74 Å². The summed E-state index contributed by atoms with van der Waals surface area (Å²) in [4.78, 5) is 32.7. The van der Waals surface area contributed by atoms with E-state index in [2.05, 4.69) is 18.8 Å². The summed E-state index contributed by atoms with van der Waals surface area (Å²) in [7, 11) is 1.60. The maximum absolute atomic E-state index is 13.2. The summed E-state index contributed by atoms with van der Waals surface area (Å²) < 4.78 is 7.07. The van der Waals surface area contributed by atoms with Crippen molar-refractivity contribution in [3.8, 4) is 5.75 Å². The molecule has 2 rings (SSSR count). The molecule has 0 aliphatic rings. The van der Waals surface area contributed by atoms with Crippen LogP contribution in [-0.2, 0) is 11.3 Å². The molecule has 1 aromatic heterocycles. The standard InChI is InChI=1S/C23H35N3O3/c1-7-9-13-25(14-10-8-2)20(27)16-26-19-12-11-17(29-6)15-18(19)24-22(26)21(28)23(3,4)5/h11-12,15H,7-10,13-14,16H2,1-6H3. The SMILES string of the molecule is CCCCN(CCCC)C(=O)Cn1c(C(=O)C(C)(C)C)nc2cc(OC)ccc21.